The average molecular weight is 222 g/mol. The molecule has 3 N–H and O–H groups in total. The second kappa shape index (κ2) is 4.65. The summed E-state index contributed by atoms with van der Waals surface area (Å²) in [7, 11) is 0. The van der Waals surface area contributed by atoms with Crippen molar-refractivity contribution in [2.24, 2.45) is 0 Å². The highest BCUT2D eigenvalue weighted by molar-refractivity contribution is 5.56. The standard InChI is InChI=1S/C11H18N4O/c1-2-9-10(12)13-7-14-11(9)15-5-3-4-8(16)6-15/h7-8,16H,2-6H2,1H3,(H2,12,13,14). The van der Waals surface area contributed by atoms with E-state index in [1.807, 2.05) is 6.92 Å². The number of aromatic nitrogens is 2. The van der Waals surface area contributed by atoms with Crippen LogP contribution in [-0.2, 0) is 6.42 Å². The Hall–Kier alpha value is -1.36. The Labute approximate surface area is 95.3 Å². The van der Waals surface area contributed by atoms with E-state index in [0.717, 1.165) is 37.2 Å². The van der Waals surface area contributed by atoms with E-state index in [4.69, 9.17) is 5.73 Å². The molecule has 2 heterocycles. The van der Waals surface area contributed by atoms with Crippen LogP contribution in [0.15, 0.2) is 6.33 Å². The summed E-state index contributed by atoms with van der Waals surface area (Å²) in [4.78, 5) is 10.4. The van der Waals surface area contributed by atoms with Crippen LogP contribution in [0.25, 0.3) is 0 Å². The van der Waals surface area contributed by atoms with Crippen LogP contribution in [0.4, 0.5) is 11.6 Å². The molecule has 0 amide bonds. The Kier molecular flexibility index (Phi) is 3.24. The number of nitrogen functional groups attached to an aromatic ring is 1. The number of piperidine rings is 1. The third-order valence-corrected chi connectivity index (χ3v) is 3.01. The van der Waals surface area contributed by atoms with E-state index in [1.165, 1.54) is 6.33 Å². The Balaban J connectivity index is 2.28. The Morgan fingerprint density at radius 2 is 2.38 bits per heavy atom. The summed E-state index contributed by atoms with van der Waals surface area (Å²) in [6.07, 6.45) is 3.92. The molecule has 1 atom stereocenters. The SMILES string of the molecule is CCc1c(N)ncnc1N1CCCC(O)C1. The van der Waals surface area contributed by atoms with Crippen LogP contribution >= 0.6 is 0 Å². The van der Waals surface area contributed by atoms with Crippen molar-refractivity contribution in [3.63, 3.8) is 0 Å². The number of rotatable bonds is 2. The first-order chi connectivity index (χ1) is 7.72. The molecule has 0 spiro atoms. The summed E-state index contributed by atoms with van der Waals surface area (Å²) >= 11 is 0. The van der Waals surface area contributed by atoms with Crippen LogP contribution in [0.3, 0.4) is 0 Å². The van der Waals surface area contributed by atoms with Gasteiger partial charge in [-0.3, -0.25) is 0 Å². The number of hydrogen-bond acceptors (Lipinski definition) is 5. The lowest BCUT2D eigenvalue weighted by molar-refractivity contribution is 0.154. The van der Waals surface area contributed by atoms with Gasteiger partial charge in [-0.15, -0.1) is 0 Å². The fourth-order valence-corrected chi connectivity index (χ4v) is 2.17. The molecule has 0 aromatic carbocycles. The third-order valence-electron chi connectivity index (χ3n) is 3.01. The zero-order valence-electron chi connectivity index (χ0n) is 9.56. The smallest absolute Gasteiger partial charge is 0.137 e. The van der Waals surface area contributed by atoms with Gasteiger partial charge in [-0.05, 0) is 19.3 Å². The summed E-state index contributed by atoms with van der Waals surface area (Å²) < 4.78 is 0. The molecule has 5 heteroatoms. The second-order valence-corrected chi connectivity index (χ2v) is 4.16. The lowest BCUT2D eigenvalue weighted by Crippen LogP contribution is -2.39. The van der Waals surface area contributed by atoms with Gasteiger partial charge in [-0.25, -0.2) is 9.97 Å². The molecule has 1 fully saturated rings. The van der Waals surface area contributed by atoms with E-state index >= 15 is 0 Å². The average Bonchev–Trinajstić information content (AvgIpc) is 2.28. The van der Waals surface area contributed by atoms with Gasteiger partial charge in [0, 0.05) is 18.7 Å². The maximum absolute atomic E-state index is 9.66. The van der Waals surface area contributed by atoms with Crippen molar-refractivity contribution in [1.29, 1.82) is 0 Å². The Bertz CT molecular complexity index is 369. The van der Waals surface area contributed by atoms with Gasteiger partial charge in [0.15, 0.2) is 0 Å². The molecule has 1 aromatic rings. The van der Waals surface area contributed by atoms with Crippen molar-refractivity contribution >= 4 is 11.6 Å². The molecule has 1 aliphatic rings. The highest BCUT2D eigenvalue weighted by atomic mass is 16.3. The van der Waals surface area contributed by atoms with Crippen LogP contribution in [0.1, 0.15) is 25.3 Å². The van der Waals surface area contributed by atoms with E-state index in [2.05, 4.69) is 14.9 Å². The minimum atomic E-state index is -0.255. The fraction of sp³-hybridized carbons (Fsp3) is 0.636. The maximum atomic E-state index is 9.66. The van der Waals surface area contributed by atoms with Gasteiger partial charge in [0.1, 0.15) is 18.0 Å². The Morgan fingerprint density at radius 1 is 1.56 bits per heavy atom. The third kappa shape index (κ3) is 2.09. The molecule has 1 unspecified atom stereocenters. The predicted octanol–water partition coefficient (Wildman–Crippen LogP) is 0.582. The van der Waals surface area contributed by atoms with E-state index in [9.17, 15) is 5.11 Å². The summed E-state index contributed by atoms with van der Waals surface area (Å²) in [6.45, 7) is 3.61. The lowest BCUT2D eigenvalue weighted by Gasteiger charge is -2.32. The minimum Gasteiger partial charge on any atom is -0.391 e. The van der Waals surface area contributed by atoms with E-state index < -0.39 is 0 Å². The molecule has 0 saturated carbocycles. The molecule has 5 nitrogen and oxygen atoms in total. The zero-order valence-corrected chi connectivity index (χ0v) is 9.56. The van der Waals surface area contributed by atoms with Gasteiger partial charge < -0.3 is 15.7 Å². The minimum absolute atomic E-state index is 0.255. The van der Waals surface area contributed by atoms with Crippen molar-refractivity contribution in [1.82, 2.24) is 9.97 Å². The number of aliphatic hydroxyl groups is 1. The molecular formula is C11H18N4O. The number of nitrogens with two attached hydrogens (primary N) is 1. The number of nitrogens with zero attached hydrogens (tertiary/aromatic N) is 3. The van der Waals surface area contributed by atoms with Crippen LogP contribution < -0.4 is 10.6 Å². The first-order valence-electron chi connectivity index (χ1n) is 5.74. The monoisotopic (exact) mass is 222 g/mol. The molecule has 0 bridgehead atoms. The number of β-amino-alcohol motifs (C(OH)–C–C–N with tert-alkyl or cyclic N) is 1. The van der Waals surface area contributed by atoms with Gasteiger partial charge in [-0.1, -0.05) is 6.92 Å². The molecule has 88 valence electrons. The molecule has 0 aliphatic carbocycles. The summed E-state index contributed by atoms with van der Waals surface area (Å²) in [5, 5.41) is 9.66. The van der Waals surface area contributed by atoms with Crippen molar-refractivity contribution < 1.29 is 5.11 Å². The normalized spacial score (nSPS) is 21.1. The largest absolute Gasteiger partial charge is 0.391 e. The number of hydrogen-bond donors (Lipinski definition) is 2. The van der Waals surface area contributed by atoms with Crippen LogP contribution in [0, 0.1) is 0 Å². The molecule has 1 aromatic heterocycles. The van der Waals surface area contributed by atoms with Gasteiger partial charge in [0.05, 0.1) is 6.10 Å². The van der Waals surface area contributed by atoms with Crippen molar-refractivity contribution in [3.8, 4) is 0 Å². The van der Waals surface area contributed by atoms with Crippen LogP contribution in [0.2, 0.25) is 0 Å². The molecule has 0 radical (unpaired) electrons. The fourth-order valence-electron chi connectivity index (χ4n) is 2.17. The van der Waals surface area contributed by atoms with E-state index in [0.29, 0.717) is 12.4 Å². The van der Waals surface area contributed by atoms with Crippen LogP contribution in [-0.4, -0.2) is 34.3 Å². The summed E-state index contributed by atoms with van der Waals surface area (Å²) in [5.74, 6) is 1.43. The van der Waals surface area contributed by atoms with Gasteiger partial charge in [0.2, 0.25) is 0 Å². The number of aliphatic hydroxyl groups excluding tert-OH is 1. The topological polar surface area (TPSA) is 75.3 Å². The highest BCUT2D eigenvalue weighted by Gasteiger charge is 2.21. The van der Waals surface area contributed by atoms with Crippen LogP contribution in [0.5, 0.6) is 0 Å². The van der Waals surface area contributed by atoms with Crippen molar-refractivity contribution in [2.45, 2.75) is 32.3 Å². The highest BCUT2D eigenvalue weighted by Crippen LogP contribution is 2.24. The number of anilines is 2. The van der Waals surface area contributed by atoms with Gasteiger partial charge in [0.25, 0.3) is 0 Å². The zero-order chi connectivity index (χ0) is 11.5. The summed E-state index contributed by atoms with van der Waals surface area (Å²) in [6, 6.07) is 0. The lowest BCUT2D eigenvalue weighted by atomic mass is 10.1. The summed E-state index contributed by atoms with van der Waals surface area (Å²) in [5.41, 5.74) is 6.82. The van der Waals surface area contributed by atoms with Gasteiger partial charge >= 0.3 is 0 Å². The second-order valence-electron chi connectivity index (χ2n) is 4.16. The molecule has 2 rings (SSSR count). The molecule has 1 aliphatic heterocycles. The molecule has 1 saturated heterocycles. The Morgan fingerprint density at radius 3 is 3.06 bits per heavy atom. The maximum Gasteiger partial charge on any atom is 0.137 e. The van der Waals surface area contributed by atoms with Gasteiger partial charge in [-0.2, -0.15) is 0 Å². The molecular weight excluding hydrogens is 204 g/mol. The predicted molar refractivity (Wildman–Crippen MR) is 63.3 cm³/mol. The first kappa shape index (κ1) is 11.1. The van der Waals surface area contributed by atoms with E-state index in [-0.39, 0.29) is 6.10 Å². The molecule has 16 heavy (non-hydrogen) atoms. The quantitative estimate of drug-likeness (QED) is 0.765. The van der Waals surface area contributed by atoms with E-state index in [1.54, 1.807) is 0 Å². The first-order valence-corrected chi connectivity index (χ1v) is 5.74. The van der Waals surface area contributed by atoms with Crippen molar-refractivity contribution in [3.05, 3.63) is 11.9 Å². The van der Waals surface area contributed by atoms with Crippen molar-refractivity contribution in [2.75, 3.05) is 23.7 Å².